The van der Waals surface area contributed by atoms with Crippen LogP contribution in [0, 0.1) is 0 Å². The van der Waals surface area contributed by atoms with E-state index in [2.05, 4.69) is 277 Å². The number of rotatable bonds is 12. The molecule has 5 heteroatoms. The van der Waals surface area contributed by atoms with Gasteiger partial charge >= 0.3 is 0 Å². The molecule has 0 N–H and O–H groups in total. The van der Waals surface area contributed by atoms with Gasteiger partial charge in [-0.2, -0.15) is 0 Å². The number of hydrogen-bond acceptors (Lipinski definition) is 5. The van der Waals surface area contributed by atoms with Crippen LogP contribution in [-0.4, -0.2) is 0 Å². The van der Waals surface area contributed by atoms with Crippen LogP contribution in [0.5, 0.6) is 11.5 Å². The maximum absolute atomic E-state index is 6.52. The second kappa shape index (κ2) is 18.7. The third-order valence-electron chi connectivity index (χ3n) is 12.5. The zero-order chi connectivity index (χ0) is 45.9. The largest absolute Gasteiger partial charge is 0.457 e. The molecule has 0 aliphatic carbocycles. The second-order valence-electron chi connectivity index (χ2n) is 16.9. The van der Waals surface area contributed by atoms with E-state index >= 15 is 0 Å². The monoisotopic (exact) mass is 920 g/mol. The molecule has 0 bridgehead atoms. The van der Waals surface area contributed by atoms with Gasteiger partial charge in [0.05, 0.1) is 0 Å². The van der Waals surface area contributed by atoms with Gasteiger partial charge in [0.25, 0.3) is 0 Å². The highest BCUT2D eigenvalue weighted by atomic mass is 32.1. The molecule has 0 atom stereocenters. The lowest BCUT2D eigenvalue weighted by Crippen LogP contribution is -2.09. The first-order chi connectivity index (χ1) is 34.2. The molecule has 0 radical (unpaired) electrons. The van der Waals surface area contributed by atoms with Crippen molar-refractivity contribution in [2.45, 2.75) is 0 Å². The van der Waals surface area contributed by atoms with Crippen molar-refractivity contribution in [1.82, 2.24) is 0 Å². The summed E-state index contributed by atoms with van der Waals surface area (Å²) >= 11 is 3.67. The van der Waals surface area contributed by atoms with Crippen molar-refractivity contribution in [1.29, 1.82) is 0 Å². The van der Waals surface area contributed by atoms with Gasteiger partial charge in [0.15, 0.2) is 0 Å². The van der Waals surface area contributed by atoms with Crippen LogP contribution in [-0.2, 0) is 0 Å². The summed E-state index contributed by atoms with van der Waals surface area (Å²) in [6, 6.07) is 94.7. The van der Waals surface area contributed by atoms with E-state index in [9.17, 15) is 0 Å². The number of fused-ring (bicyclic) bond motifs is 2. The average molecular weight is 921 g/mol. The van der Waals surface area contributed by atoms with Crippen molar-refractivity contribution in [3.8, 4) is 54.6 Å². The van der Waals surface area contributed by atoms with Gasteiger partial charge in [0.2, 0.25) is 0 Å². The van der Waals surface area contributed by atoms with Crippen LogP contribution in [0.1, 0.15) is 0 Å². The summed E-state index contributed by atoms with van der Waals surface area (Å²) in [5, 5.41) is 2.51. The zero-order valence-corrected chi connectivity index (χ0v) is 39.2. The summed E-state index contributed by atoms with van der Waals surface area (Å²) < 4.78 is 9.05. The molecule has 12 rings (SSSR count). The Morgan fingerprint density at radius 2 is 0.522 bits per heavy atom. The Hall–Kier alpha value is -8.48. The molecule has 12 aromatic rings. The summed E-state index contributed by atoms with van der Waals surface area (Å²) in [5.41, 5.74) is 13.9. The highest BCUT2D eigenvalue weighted by molar-refractivity contribution is 7.23. The van der Waals surface area contributed by atoms with Gasteiger partial charge in [-0.05, 0) is 156 Å². The minimum Gasteiger partial charge on any atom is -0.457 e. The molecule has 0 saturated carbocycles. The van der Waals surface area contributed by atoms with E-state index in [-0.39, 0.29) is 0 Å². The van der Waals surface area contributed by atoms with Crippen LogP contribution < -0.4 is 14.5 Å². The fraction of sp³-hybridized carbons (Fsp3) is 0. The minimum absolute atomic E-state index is 0.795. The van der Waals surface area contributed by atoms with Crippen LogP contribution in [0.3, 0.4) is 0 Å². The Balaban J connectivity index is 0.811. The number of hydrogen-bond donors (Lipinski definition) is 0. The molecule has 0 fully saturated rings. The standard InChI is InChI=1S/C64H44N2OS2/c1-5-17-49(18-6-1)65(50-19-7-2-8-20-50)53-37-29-45(30-38-53)61-57-25-13-15-27-59(57)68-63(61)47-33-41-55(42-34-47)67-56-43-35-48(36-44-56)64-62(58-26-14-16-28-60(58)69-64)46-31-39-54(40-32-46)66(51-21-9-3-10-22-51)52-23-11-4-12-24-52/h1-44H. The highest BCUT2D eigenvalue weighted by Gasteiger charge is 2.20. The molecule has 2 heterocycles. The highest BCUT2D eigenvalue weighted by Crippen LogP contribution is 2.48. The lowest BCUT2D eigenvalue weighted by molar-refractivity contribution is 0.483. The number of nitrogens with zero attached hydrogens (tertiary/aromatic N) is 2. The molecule has 10 aromatic carbocycles. The van der Waals surface area contributed by atoms with E-state index < -0.39 is 0 Å². The Labute approximate surface area is 410 Å². The van der Waals surface area contributed by atoms with Crippen molar-refractivity contribution in [3.63, 3.8) is 0 Å². The Kier molecular flexibility index (Phi) is 11.3. The van der Waals surface area contributed by atoms with E-state index in [0.717, 1.165) is 56.8 Å². The lowest BCUT2D eigenvalue weighted by atomic mass is 9.98. The molecule has 3 nitrogen and oxygen atoms in total. The predicted octanol–water partition coefficient (Wildman–Crippen LogP) is 19.5. The summed E-state index contributed by atoms with van der Waals surface area (Å²) in [4.78, 5) is 7.08. The van der Waals surface area contributed by atoms with Crippen molar-refractivity contribution in [3.05, 3.63) is 267 Å². The fourth-order valence-electron chi connectivity index (χ4n) is 9.31. The van der Waals surface area contributed by atoms with Crippen LogP contribution in [0.2, 0.25) is 0 Å². The van der Waals surface area contributed by atoms with Crippen LogP contribution >= 0.6 is 22.7 Å². The number of thiophene rings is 2. The van der Waals surface area contributed by atoms with Gasteiger partial charge in [0, 0.05) is 75.2 Å². The first-order valence-electron chi connectivity index (χ1n) is 23.1. The van der Waals surface area contributed by atoms with E-state index in [0.29, 0.717) is 0 Å². The molecule has 0 aliphatic rings. The molecule has 0 unspecified atom stereocenters. The topological polar surface area (TPSA) is 15.7 Å². The first-order valence-corrected chi connectivity index (χ1v) is 24.8. The molecular weight excluding hydrogens is 877 g/mol. The van der Waals surface area contributed by atoms with Crippen molar-refractivity contribution < 1.29 is 4.74 Å². The zero-order valence-electron chi connectivity index (χ0n) is 37.5. The summed E-state index contributed by atoms with van der Waals surface area (Å²) in [6.45, 7) is 0. The number of ether oxygens (including phenoxy) is 1. The third kappa shape index (κ3) is 8.36. The van der Waals surface area contributed by atoms with Crippen LogP contribution in [0.15, 0.2) is 267 Å². The summed E-state index contributed by atoms with van der Waals surface area (Å²) in [6.07, 6.45) is 0. The smallest absolute Gasteiger partial charge is 0.127 e. The lowest BCUT2D eigenvalue weighted by Gasteiger charge is -2.25. The molecule has 0 spiro atoms. The van der Waals surface area contributed by atoms with Gasteiger partial charge in [-0.25, -0.2) is 0 Å². The molecule has 0 saturated heterocycles. The molecule has 328 valence electrons. The third-order valence-corrected chi connectivity index (χ3v) is 15.0. The number of anilines is 6. The van der Waals surface area contributed by atoms with Gasteiger partial charge in [0.1, 0.15) is 11.5 Å². The van der Waals surface area contributed by atoms with Crippen LogP contribution in [0.25, 0.3) is 63.3 Å². The number of para-hydroxylation sites is 4. The average Bonchev–Trinajstić information content (AvgIpc) is 4.01. The molecule has 2 aromatic heterocycles. The Bertz CT molecular complexity index is 3320. The maximum atomic E-state index is 6.52. The molecule has 69 heavy (non-hydrogen) atoms. The second-order valence-corrected chi connectivity index (χ2v) is 19.0. The fourth-order valence-corrected chi connectivity index (χ4v) is 11.8. The quantitative estimate of drug-likeness (QED) is 0.121. The van der Waals surface area contributed by atoms with E-state index in [4.69, 9.17) is 4.74 Å². The summed E-state index contributed by atoms with van der Waals surface area (Å²) in [5.74, 6) is 1.59. The van der Waals surface area contributed by atoms with Gasteiger partial charge < -0.3 is 14.5 Å². The SMILES string of the molecule is c1ccc(N(c2ccccc2)c2ccc(-c3c(-c4ccc(Oc5ccc(-c6sc7ccccc7c6-c6ccc(N(c7ccccc7)c7ccccc7)cc6)cc5)cc4)sc4ccccc34)cc2)cc1. The molecule has 0 aliphatic heterocycles. The van der Waals surface area contributed by atoms with Gasteiger partial charge in [-0.15, -0.1) is 22.7 Å². The number of benzene rings is 10. The van der Waals surface area contributed by atoms with E-state index in [1.807, 2.05) is 22.7 Å². The maximum Gasteiger partial charge on any atom is 0.127 e. The minimum atomic E-state index is 0.795. The Morgan fingerprint density at radius 3 is 0.855 bits per heavy atom. The first kappa shape index (κ1) is 41.9. The van der Waals surface area contributed by atoms with Crippen LogP contribution in [0.4, 0.5) is 34.1 Å². The van der Waals surface area contributed by atoms with Crippen molar-refractivity contribution >= 4 is 77.0 Å². The van der Waals surface area contributed by atoms with Crippen molar-refractivity contribution in [2.24, 2.45) is 0 Å². The predicted molar refractivity (Wildman–Crippen MR) is 295 cm³/mol. The van der Waals surface area contributed by atoms with Gasteiger partial charge in [-0.1, -0.05) is 133 Å². The normalized spacial score (nSPS) is 11.2. The van der Waals surface area contributed by atoms with Crippen molar-refractivity contribution in [2.75, 3.05) is 9.80 Å². The van der Waals surface area contributed by atoms with Gasteiger partial charge in [-0.3, -0.25) is 0 Å². The summed E-state index contributed by atoms with van der Waals surface area (Å²) in [7, 11) is 0. The van der Waals surface area contributed by atoms with E-state index in [1.54, 1.807) is 0 Å². The Morgan fingerprint density at radius 1 is 0.246 bits per heavy atom. The molecular formula is C64H44N2OS2. The molecule has 0 amide bonds. The van der Waals surface area contributed by atoms with E-state index in [1.165, 1.54) is 52.2 Å².